The molecule has 110 valence electrons. The standard InChI is InChI=1S/C17H25NO2/c1-5-14(2)8-6-9-15(3)10-7-11-16(4)12-18-13-17(19)20/h5,9,11-12H,1-2,6-8,10,13H2,3-4H3,(H,19,20)/b15-9+,16-11+,18-12?. The number of rotatable bonds is 10. The molecule has 0 heterocycles. The summed E-state index contributed by atoms with van der Waals surface area (Å²) in [5, 5.41) is 8.46. The van der Waals surface area contributed by atoms with Gasteiger partial charge in [-0.15, -0.1) is 0 Å². The van der Waals surface area contributed by atoms with Gasteiger partial charge in [0, 0.05) is 6.21 Å². The van der Waals surface area contributed by atoms with Gasteiger partial charge in [-0.05, 0) is 45.1 Å². The zero-order chi connectivity index (χ0) is 15.4. The van der Waals surface area contributed by atoms with Gasteiger partial charge in [0.2, 0.25) is 0 Å². The van der Waals surface area contributed by atoms with Crippen LogP contribution in [0, 0.1) is 0 Å². The van der Waals surface area contributed by atoms with E-state index in [1.165, 1.54) is 5.57 Å². The summed E-state index contributed by atoms with van der Waals surface area (Å²) in [6.45, 7) is 11.5. The van der Waals surface area contributed by atoms with Crippen molar-refractivity contribution in [2.75, 3.05) is 6.54 Å². The highest BCUT2D eigenvalue weighted by Gasteiger charge is 1.92. The van der Waals surface area contributed by atoms with Crippen LogP contribution in [0.5, 0.6) is 0 Å². The number of allylic oxidation sites excluding steroid dienone is 6. The molecule has 0 saturated carbocycles. The highest BCUT2D eigenvalue weighted by molar-refractivity contribution is 5.80. The summed E-state index contributed by atoms with van der Waals surface area (Å²) >= 11 is 0. The van der Waals surface area contributed by atoms with Crippen molar-refractivity contribution in [2.24, 2.45) is 4.99 Å². The van der Waals surface area contributed by atoms with Crippen LogP contribution in [0.3, 0.4) is 0 Å². The van der Waals surface area contributed by atoms with Gasteiger partial charge in [-0.2, -0.15) is 0 Å². The van der Waals surface area contributed by atoms with Crippen LogP contribution in [-0.4, -0.2) is 23.8 Å². The molecule has 0 aromatic rings. The van der Waals surface area contributed by atoms with E-state index in [0.717, 1.165) is 36.8 Å². The first-order valence-electron chi connectivity index (χ1n) is 6.80. The molecule has 0 saturated heterocycles. The predicted octanol–water partition coefficient (Wildman–Crippen LogP) is 4.34. The summed E-state index contributed by atoms with van der Waals surface area (Å²) in [6, 6.07) is 0. The summed E-state index contributed by atoms with van der Waals surface area (Å²) in [4.78, 5) is 14.1. The van der Waals surface area contributed by atoms with Crippen LogP contribution in [0.1, 0.15) is 39.5 Å². The van der Waals surface area contributed by atoms with E-state index in [-0.39, 0.29) is 6.54 Å². The van der Waals surface area contributed by atoms with E-state index in [4.69, 9.17) is 5.11 Å². The molecule has 0 amide bonds. The number of carboxylic acids is 1. The van der Waals surface area contributed by atoms with E-state index in [0.29, 0.717) is 0 Å². The molecule has 3 nitrogen and oxygen atoms in total. The van der Waals surface area contributed by atoms with Crippen molar-refractivity contribution in [2.45, 2.75) is 39.5 Å². The Morgan fingerprint density at radius 3 is 2.45 bits per heavy atom. The summed E-state index contributed by atoms with van der Waals surface area (Å²) in [7, 11) is 0. The largest absolute Gasteiger partial charge is 0.480 e. The predicted molar refractivity (Wildman–Crippen MR) is 86.3 cm³/mol. The lowest BCUT2D eigenvalue weighted by atomic mass is 10.1. The number of nitrogens with zero attached hydrogens (tertiary/aromatic N) is 1. The Hall–Kier alpha value is -1.90. The molecule has 0 aromatic carbocycles. The molecular weight excluding hydrogens is 250 g/mol. The first kappa shape index (κ1) is 18.1. The number of hydrogen-bond acceptors (Lipinski definition) is 2. The Bertz CT molecular complexity index is 428. The first-order valence-corrected chi connectivity index (χ1v) is 6.80. The van der Waals surface area contributed by atoms with Crippen molar-refractivity contribution in [1.29, 1.82) is 0 Å². The fourth-order valence-electron chi connectivity index (χ4n) is 1.56. The van der Waals surface area contributed by atoms with Crippen LogP contribution >= 0.6 is 0 Å². The molecule has 0 aliphatic rings. The van der Waals surface area contributed by atoms with Crippen LogP contribution in [0.15, 0.2) is 53.1 Å². The summed E-state index contributed by atoms with van der Waals surface area (Å²) in [5.74, 6) is -0.908. The maximum atomic E-state index is 10.3. The Labute approximate surface area is 122 Å². The fourth-order valence-corrected chi connectivity index (χ4v) is 1.56. The van der Waals surface area contributed by atoms with Gasteiger partial charge in [-0.1, -0.05) is 42.5 Å². The van der Waals surface area contributed by atoms with Gasteiger partial charge in [0.25, 0.3) is 0 Å². The van der Waals surface area contributed by atoms with Gasteiger partial charge < -0.3 is 5.11 Å². The van der Waals surface area contributed by atoms with Crippen molar-refractivity contribution >= 4 is 12.2 Å². The van der Waals surface area contributed by atoms with E-state index in [2.05, 4.69) is 37.2 Å². The maximum absolute atomic E-state index is 10.3. The average Bonchev–Trinajstić information content (AvgIpc) is 2.38. The quantitative estimate of drug-likeness (QED) is 0.366. The third-order valence-electron chi connectivity index (χ3n) is 2.77. The molecule has 0 rings (SSSR count). The molecule has 0 aliphatic carbocycles. The van der Waals surface area contributed by atoms with Crippen molar-refractivity contribution in [3.05, 3.63) is 48.1 Å². The molecule has 0 aliphatic heterocycles. The van der Waals surface area contributed by atoms with Crippen molar-refractivity contribution < 1.29 is 9.90 Å². The van der Waals surface area contributed by atoms with Gasteiger partial charge >= 0.3 is 5.97 Å². The third-order valence-corrected chi connectivity index (χ3v) is 2.77. The molecule has 0 spiro atoms. The van der Waals surface area contributed by atoms with Crippen molar-refractivity contribution in [3.63, 3.8) is 0 Å². The Kier molecular flexibility index (Phi) is 9.93. The fraction of sp³-hybridized carbons (Fsp3) is 0.412. The number of hydrogen-bond donors (Lipinski definition) is 1. The zero-order valence-electron chi connectivity index (χ0n) is 12.6. The number of carboxylic acid groups (broad SMARTS) is 1. The lowest BCUT2D eigenvalue weighted by molar-refractivity contribution is -0.135. The lowest BCUT2D eigenvalue weighted by Crippen LogP contribution is -1.99. The van der Waals surface area contributed by atoms with Crippen LogP contribution in [-0.2, 0) is 4.79 Å². The smallest absolute Gasteiger partial charge is 0.325 e. The Balaban J connectivity index is 3.99. The van der Waals surface area contributed by atoms with Gasteiger partial charge in [0.05, 0.1) is 0 Å². The summed E-state index contributed by atoms with van der Waals surface area (Å²) in [6.07, 6.45) is 11.6. The zero-order valence-corrected chi connectivity index (χ0v) is 12.6. The molecule has 0 atom stereocenters. The van der Waals surface area contributed by atoms with E-state index in [9.17, 15) is 4.79 Å². The van der Waals surface area contributed by atoms with E-state index >= 15 is 0 Å². The summed E-state index contributed by atoms with van der Waals surface area (Å²) in [5.41, 5.74) is 3.42. The number of carbonyl (C=O) groups is 1. The highest BCUT2D eigenvalue weighted by atomic mass is 16.4. The van der Waals surface area contributed by atoms with Gasteiger partial charge in [-0.3, -0.25) is 9.79 Å². The van der Waals surface area contributed by atoms with Crippen LogP contribution in [0.25, 0.3) is 0 Å². The molecule has 0 aromatic heterocycles. The second-order valence-electron chi connectivity index (χ2n) is 4.80. The first-order chi connectivity index (χ1) is 9.45. The Morgan fingerprint density at radius 2 is 1.85 bits per heavy atom. The van der Waals surface area contributed by atoms with Crippen LogP contribution in [0.4, 0.5) is 0 Å². The van der Waals surface area contributed by atoms with E-state index in [1.807, 2.05) is 6.92 Å². The molecule has 0 radical (unpaired) electrons. The van der Waals surface area contributed by atoms with E-state index < -0.39 is 5.97 Å². The molecular formula is C17H25NO2. The summed E-state index contributed by atoms with van der Waals surface area (Å²) < 4.78 is 0. The van der Waals surface area contributed by atoms with Gasteiger partial charge in [0.1, 0.15) is 6.54 Å². The normalized spacial score (nSPS) is 12.7. The second-order valence-corrected chi connectivity index (χ2v) is 4.80. The average molecular weight is 275 g/mol. The second kappa shape index (κ2) is 11.0. The minimum Gasteiger partial charge on any atom is -0.480 e. The maximum Gasteiger partial charge on any atom is 0.325 e. The monoisotopic (exact) mass is 275 g/mol. The molecule has 0 fully saturated rings. The van der Waals surface area contributed by atoms with Crippen molar-refractivity contribution in [1.82, 2.24) is 0 Å². The van der Waals surface area contributed by atoms with Crippen LogP contribution < -0.4 is 0 Å². The minimum absolute atomic E-state index is 0.169. The van der Waals surface area contributed by atoms with Gasteiger partial charge in [0.15, 0.2) is 0 Å². The molecule has 1 N–H and O–H groups in total. The SMILES string of the molecule is C=CC(=C)CC/C=C(\C)CC/C=C(\C)C=NCC(=O)O. The molecule has 3 heteroatoms. The van der Waals surface area contributed by atoms with Crippen LogP contribution in [0.2, 0.25) is 0 Å². The molecule has 0 bridgehead atoms. The molecule has 20 heavy (non-hydrogen) atoms. The molecule has 0 unspecified atom stereocenters. The minimum atomic E-state index is -0.908. The lowest BCUT2D eigenvalue weighted by Gasteiger charge is -2.00. The van der Waals surface area contributed by atoms with Gasteiger partial charge in [-0.25, -0.2) is 0 Å². The Morgan fingerprint density at radius 1 is 1.20 bits per heavy atom. The number of aliphatic carboxylic acids is 1. The van der Waals surface area contributed by atoms with E-state index in [1.54, 1.807) is 12.3 Å². The number of aliphatic imine (C=N–C) groups is 1. The van der Waals surface area contributed by atoms with Crippen molar-refractivity contribution in [3.8, 4) is 0 Å². The third kappa shape index (κ3) is 11.2. The topological polar surface area (TPSA) is 49.7 Å². The highest BCUT2D eigenvalue weighted by Crippen LogP contribution is 2.10.